The molecule has 1 aliphatic rings. The lowest BCUT2D eigenvalue weighted by Gasteiger charge is -2.22. The smallest absolute Gasteiger partial charge is 0.469 e. The summed E-state index contributed by atoms with van der Waals surface area (Å²) in [5, 5.41) is 9.23. The van der Waals surface area contributed by atoms with Crippen LogP contribution in [-0.4, -0.2) is 14.9 Å². The van der Waals surface area contributed by atoms with Crippen molar-refractivity contribution in [3.8, 4) is 16.9 Å². The Morgan fingerprint density at radius 3 is 2.26 bits per heavy atom. The number of aliphatic hydroxyl groups is 1. The molecule has 1 aliphatic heterocycles. The number of ether oxygens (including phenoxy) is 2. The van der Waals surface area contributed by atoms with E-state index >= 15 is 0 Å². The summed E-state index contributed by atoms with van der Waals surface area (Å²) in [6.45, 7) is 1.15. The fourth-order valence-corrected chi connectivity index (χ4v) is 3.85. The minimum absolute atomic E-state index is 0.0122. The molecule has 7 nitrogen and oxygen atoms in total. The third kappa shape index (κ3) is 5.60. The Hall–Kier alpha value is -2.51. The molecule has 0 bridgehead atoms. The number of hydrogen-bond acceptors (Lipinski definition) is 5. The molecule has 31 heavy (non-hydrogen) atoms. The molecular weight excluding hydrogens is 419 g/mol. The van der Waals surface area contributed by atoms with E-state index in [2.05, 4.69) is 10.6 Å². The van der Waals surface area contributed by atoms with E-state index in [9.17, 15) is 9.67 Å². The largest absolute Gasteiger partial charge is 0.488 e. The first kappa shape index (κ1) is 21.7. The van der Waals surface area contributed by atoms with Crippen LogP contribution in [0.15, 0.2) is 60.7 Å². The SMILES string of the molecule is O=P(O)(O)OCc1ccc2c(c1)OCc1cc(COCc3cccc(CO)c3)ccc1-2. The Kier molecular flexibility index (Phi) is 6.53. The van der Waals surface area contributed by atoms with Gasteiger partial charge in [0.05, 0.1) is 26.4 Å². The quantitative estimate of drug-likeness (QED) is 0.452. The fraction of sp³-hybridized carbons (Fsp3) is 0.217. The lowest BCUT2D eigenvalue weighted by atomic mass is 9.94. The number of phosphoric ester groups is 1. The summed E-state index contributed by atoms with van der Waals surface area (Å²) in [4.78, 5) is 17.7. The maximum absolute atomic E-state index is 10.9. The molecule has 162 valence electrons. The van der Waals surface area contributed by atoms with Crippen LogP contribution in [0.3, 0.4) is 0 Å². The van der Waals surface area contributed by atoms with Crippen LogP contribution in [0, 0.1) is 0 Å². The van der Waals surface area contributed by atoms with E-state index in [0.717, 1.165) is 33.4 Å². The molecule has 3 aromatic carbocycles. The summed E-state index contributed by atoms with van der Waals surface area (Å²) in [5.74, 6) is 0.659. The highest BCUT2D eigenvalue weighted by molar-refractivity contribution is 7.46. The molecule has 0 aliphatic carbocycles. The van der Waals surface area contributed by atoms with Crippen LogP contribution in [0.4, 0.5) is 0 Å². The zero-order chi connectivity index (χ0) is 21.8. The summed E-state index contributed by atoms with van der Waals surface area (Å²) in [5.41, 5.74) is 6.58. The summed E-state index contributed by atoms with van der Waals surface area (Å²) >= 11 is 0. The van der Waals surface area contributed by atoms with Crippen LogP contribution in [0.1, 0.15) is 27.8 Å². The number of phosphoric acid groups is 1. The Morgan fingerprint density at radius 2 is 1.52 bits per heavy atom. The molecule has 0 radical (unpaired) electrons. The third-order valence-corrected chi connectivity index (χ3v) is 5.47. The van der Waals surface area contributed by atoms with Crippen LogP contribution in [0.5, 0.6) is 5.75 Å². The molecule has 1 heterocycles. The van der Waals surface area contributed by atoms with Gasteiger partial charge in [0.25, 0.3) is 0 Å². The standard InChI is InChI=1S/C23H23O7P/c24-11-16-2-1-3-17(8-16)12-28-13-18-4-6-21-20(9-18)15-29-23-10-19(5-7-22(21)23)14-30-31(25,26)27/h1-10,24H,11-15H2,(H2,25,26,27). The van der Waals surface area contributed by atoms with Crippen molar-refractivity contribution in [2.24, 2.45) is 0 Å². The number of hydrogen-bond donors (Lipinski definition) is 3. The van der Waals surface area contributed by atoms with Gasteiger partial charge in [0.1, 0.15) is 12.4 Å². The molecule has 0 amide bonds. The minimum atomic E-state index is -4.52. The Morgan fingerprint density at radius 1 is 0.839 bits per heavy atom. The lowest BCUT2D eigenvalue weighted by molar-refractivity contribution is 0.107. The van der Waals surface area contributed by atoms with Gasteiger partial charge in [0.2, 0.25) is 0 Å². The molecule has 0 atom stereocenters. The van der Waals surface area contributed by atoms with Crippen molar-refractivity contribution in [1.29, 1.82) is 0 Å². The van der Waals surface area contributed by atoms with E-state index in [1.54, 1.807) is 12.1 Å². The predicted octanol–water partition coefficient (Wildman–Crippen LogP) is 4.06. The van der Waals surface area contributed by atoms with E-state index in [1.807, 2.05) is 42.5 Å². The van der Waals surface area contributed by atoms with Crippen molar-refractivity contribution in [2.75, 3.05) is 0 Å². The maximum Gasteiger partial charge on any atom is 0.469 e. The van der Waals surface area contributed by atoms with Crippen LogP contribution in [0.25, 0.3) is 11.1 Å². The molecule has 0 saturated heterocycles. The summed E-state index contributed by atoms with van der Waals surface area (Å²) in [7, 11) is -4.52. The molecule has 0 saturated carbocycles. The van der Waals surface area contributed by atoms with Gasteiger partial charge in [0, 0.05) is 5.56 Å². The average Bonchev–Trinajstić information content (AvgIpc) is 2.77. The average molecular weight is 442 g/mol. The highest BCUT2D eigenvalue weighted by Crippen LogP contribution is 2.40. The topological polar surface area (TPSA) is 105 Å². The Bertz CT molecular complexity index is 1120. The second-order valence-corrected chi connectivity index (χ2v) is 8.58. The molecule has 3 N–H and O–H groups in total. The van der Waals surface area contributed by atoms with Gasteiger partial charge < -0.3 is 24.4 Å². The zero-order valence-corrected chi connectivity index (χ0v) is 17.6. The van der Waals surface area contributed by atoms with Gasteiger partial charge in [0.15, 0.2) is 0 Å². The van der Waals surface area contributed by atoms with Gasteiger partial charge in [-0.15, -0.1) is 0 Å². The van der Waals surface area contributed by atoms with Gasteiger partial charge in [-0.25, -0.2) is 4.57 Å². The number of rotatable bonds is 8. The van der Waals surface area contributed by atoms with Gasteiger partial charge in [-0.3, -0.25) is 4.52 Å². The van der Waals surface area contributed by atoms with Gasteiger partial charge in [-0.1, -0.05) is 48.5 Å². The first-order chi connectivity index (χ1) is 14.9. The van der Waals surface area contributed by atoms with Gasteiger partial charge >= 0.3 is 7.82 Å². The molecule has 0 aromatic heterocycles. The zero-order valence-electron chi connectivity index (χ0n) is 16.7. The van der Waals surface area contributed by atoms with Gasteiger partial charge in [-0.2, -0.15) is 0 Å². The van der Waals surface area contributed by atoms with Crippen molar-refractivity contribution >= 4 is 7.82 Å². The van der Waals surface area contributed by atoms with E-state index in [0.29, 0.717) is 31.1 Å². The molecule has 0 spiro atoms. The minimum Gasteiger partial charge on any atom is -0.488 e. The number of fused-ring (bicyclic) bond motifs is 3. The molecule has 0 unspecified atom stereocenters. The number of aliphatic hydroxyl groups excluding tert-OH is 1. The second-order valence-electron chi connectivity index (χ2n) is 7.35. The van der Waals surface area contributed by atoms with Crippen LogP contribution in [0.2, 0.25) is 0 Å². The summed E-state index contributed by atoms with van der Waals surface area (Å²) in [6.07, 6.45) is 0. The van der Waals surface area contributed by atoms with E-state index in [1.165, 1.54) is 0 Å². The Labute approximate surface area is 180 Å². The first-order valence-corrected chi connectivity index (χ1v) is 11.3. The fourth-order valence-electron chi connectivity index (χ4n) is 3.54. The lowest BCUT2D eigenvalue weighted by Crippen LogP contribution is -2.07. The molecule has 4 rings (SSSR count). The second kappa shape index (κ2) is 9.32. The molecular formula is C23H23O7P. The maximum atomic E-state index is 10.9. The van der Waals surface area contributed by atoms with E-state index < -0.39 is 7.82 Å². The van der Waals surface area contributed by atoms with Crippen molar-refractivity contribution in [2.45, 2.75) is 33.0 Å². The van der Waals surface area contributed by atoms with Crippen molar-refractivity contribution in [3.63, 3.8) is 0 Å². The van der Waals surface area contributed by atoms with E-state index in [4.69, 9.17) is 19.3 Å². The molecule has 0 fully saturated rings. The van der Waals surface area contributed by atoms with Crippen LogP contribution >= 0.6 is 7.82 Å². The van der Waals surface area contributed by atoms with E-state index in [-0.39, 0.29) is 13.2 Å². The van der Waals surface area contributed by atoms with Crippen molar-refractivity contribution < 1.29 is 33.5 Å². The number of benzene rings is 3. The normalized spacial score (nSPS) is 12.7. The van der Waals surface area contributed by atoms with Crippen molar-refractivity contribution in [1.82, 2.24) is 0 Å². The van der Waals surface area contributed by atoms with Crippen LogP contribution in [-0.2, 0) is 46.9 Å². The van der Waals surface area contributed by atoms with Crippen LogP contribution < -0.4 is 4.74 Å². The highest BCUT2D eigenvalue weighted by Gasteiger charge is 2.19. The molecule has 3 aromatic rings. The Balaban J connectivity index is 1.42. The van der Waals surface area contributed by atoms with Crippen molar-refractivity contribution in [3.05, 3.63) is 88.5 Å². The third-order valence-electron chi connectivity index (χ3n) is 5.00. The predicted molar refractivity (Wildman–Crippen MR) is 114 cm³/mol. The summed E-state index contributed by atoms with van der Waals surface area (Å²) < 4.78 is 27.2. The highest BCUT2D eigenvalue weighted by atomic mass is 31.2. The molecule has 8 heteroatoms. The van der Waals surface area contributed by atoms with Gasteiger partial charge in [-0.05, 0) is 45.5 Å². The monoisotopic (exact) mass is 442 g/mol. The summed E-state index contributed by atoms with van der Waals surface area (Å²) in [6, 6.07) is 19.2. The first-order valence-electron chi connectivity index (χ1n) is 9.76.